The Morgan fingerprint density at radius 3 is 2.75 bits per heavy atom. The number of nitrogen functional groups attached to an aromatic ring is 1. The number of nitrogens with two attached hydrogens (primary N) is 2. The Morgan fingerprint density at radius 1 is 1.50 bits per heavy atom. The molecule has 0 heterocycles. The molecule has 0 unspecified atom stereocenters. The summed E-state index contributed by atoms with van der Waals surface area (Å²) < 4.78 is 0. The Hall–Kier alpha value is -2.55. The highest BCUT2D eigenvalue weighted by Crippen LogP contribution is 2.20. The van der Waals surface area contributed by atoms with Crippen LogP contribution in [0, 0.1) is 22.0 Å². The molecular formula is C10H9N3O3. The van der Waals surface area contributed by atoms with Gasteiger partial charge in [0.25, 0.3) is 5.69 Å². The van der Waals surface area contributed by atoms with Crippen LogP contribution >= 0.6 is 0 Å². The lowest BCUT2D eigenvalue weighted by molar-refractivity contribution is -0.385. The number of amides is 1. The van der Waals surface area contributed by atoms with Gasteiger partial charge in [-0.1, -0.05) is 11.8 Å². The standard InChI is InChI=1S/C10H9N3O3/c11-8-5-4-7(2-1-3-10(12)14)9(6-8)13(15)16/h4-6H,3,11H2,(H2,12,14). The van der Waals surface area contributed by atoms with Gasteiger partial charge in [-0.05, 0) is 12.1 Å². The van der Waals surface area contributed by atoms with E-state index in [0.29, 0.717) is 0 Å². The summed E-state index contributed by atoms with van der Waals surface area (Å²) in [5, 5.41) is 10.7. The highest BCUT2D eigenvalue weighted by Gasteiger charge is 2.11. The van der Waals surface area contributed by atoms with Gasteiger partial charge in [-0.15, -0.1) is 0 Å². The van der Waals surface area contributed by atoms with Crippen LogP contribution in [0.3, 0.4) is 0 Å². The number of anilines is 1. The van der Waals surface area contributed by atoms with Crippen molar-refractivity contribution in [3.05, 3.63) is 33.9 Å². The zero-order chi connectivity index (χ0) is 12.1. The normalized spacial score (nSPS) is 9.00. The third kappa shape index (κ3) is 2.99. The summed E-state index contributed by atoms with van der Waals surface area (Å²) in [6.07, 6.45) is -0.137. The second-order valence-corrected chi connectivity index (χ2v) is 2.98. The zero-order valence-corrected chi connectivity index (χ0v) is 8.27. The maximum atomic E-state index is 10.7. The van der Waals surface area contributed by atoms with Gasteiger partial charge in [0, 0.05) is 11.8 Å². The van der Waals surface area contributed by atoms with Crippen molar-refractivity contribution in [2.24, 2.45) is 5.73 Å². The molecule has 0 radical (unpaired) electrons. The number of nitro groups is 1. The van der Waals surface area contributed by atoms with Crippen LogP contribution in [0.1, 0.15) is 12.0 Å². The molecule has 0 aliphatic carbocycles. The van der Waals surface area contributed by atoms with Crippen LogP contribution in [0.5, 0.6) is 0 Å². The van der Waals surface area contributed by atoms with E-state index in [1.807, 2.05) is 0 Å². The van der Waals surface area contributed by atoms with Crippen molar-refractivity contribution >= 4 is 17.3 Å². The number of rotatable bonds is 2. The molecule has 1 amide bonds. The maximum Gasteiger partial charge on any atom is 0.286 e. The molecule has 0 fully saturated rings. The molecule has 0 bridgehead atoms. The van der Waals surface area contributed by atoms with Gasteiger partial charge in [0.1, 0.15) is 5.56 Å². The Balaban J connectivity index is 3.07. The number of hydrogen-bond acceptors (Lipinski definition) is 4. The molecule has 6 heteroatoms. The van der Waals surface area contributed by atoms with Gasteiger partial charge in [0.2, 0.25) is 5.91 Å². The fourth-order valence-corrected chi connectivity index (χ4v) is 1.03. The highest BCUT2D eigenvalue weighted by molar-refractivity contribution is 5.76. The average Bonchev–Trinajstić information content (AvgIpc) is 2.19. The van der Waals surface area contributed by atoms with Crippen molar-refractivity contribution in [2.75, 3.05) is 5.73 Å². The first-order valence-electron chi connectivity index (χ1n) is 4.32. The summed E-state index contributed by atoms with van der Waals surface area (Å²) in [4.78, 5) is 20.5. The van der Waals surface area contributed by atoms with Gasteiger partial charge in [-0.3, -0.25) is 14.9 Å². The molecule has 1 aromatic carbocycles. The first-order chi connectivity index (χ1) is 7.50. The molecule has 0 saturated carbocycles. The van der Waals surface area contributed by atoms with Crippen LogP contribution in [-0.2, 0) is 4.79 Å². The Kier molecular flexibility index (Phi) is 3.45. The molecule has 6 nitrogen and oxygen atoms in total. The van der Waals surface area contributed by atoms with Crippen molar-refractivity contribution in [1.82, 2.24) is 0 Å². The topological polar surface area (TPSA) is 112 Å². The van der Waals surface area contributed by atoms with Gasteiger partial charge in [-0.2, -0.15) is 0 Å². The molecule has 4 N–H and O–H groups in total. The van der Waals surface area contributed by atoms with E-state index >= 15 is 0 Å². The van der Waals surface area contributed by atoms with Gasteiger partial charge in [-0.25, -0.2) is 0 Å². The predicted molar refractivity (Wildman–Crippen MR) is 58.2 cm³/mol. The smallest absolute Gasteiger partial charge is 0.286 e. The first kappa shape index (κ1) is 11.5. The summed E-state index contributed by atoms with van der Waals surface area (Å²) in [5.74, 6) is 4.37. The Bertz CT molecular complexity index is 500. The van der Waals surface area contributed by atoms with Crippen LogP contribution < -0.4 is 11.5 Å². The highest BCUT2D eigenvalue weighted by atomic mass is 16.6. The van der Waals surface area contributed by atoms with E-state index in [2.05, 4.69) is 11.8 Å². The molecule has 82 valence electrons. The fraction of sp³-hybridized carbons (Fsp3) is 0.100. The minimum absolute atomic E-state index is 0.137. The Labute approximate surface area is 91.4 Å². The zero-order valence-electron chi connectivity index (χ0n) is 8.27. The number of benzene rings is 1. The van der Waals surface area contributed by atoms with E-state index < -0.39 is 10.8 Å². The van der Waals surface area contributed by atoms with Crippen LogP contribution in [0.15, 0.2) is 18.2 Å². The molecule has 0 aromatic heterocycles. The molecule has 0 aliphatic rings. The average molecular weight is 219 g/mol. The van der Waals surface area contributed by atoms with E-state index in [1.165, 1.54) is 18.2 Å². The van der Waals surface area contributed by atoms with Gasteiger partial charge in [0.15, 0.2) is 0 Å². The molecule has 1 rings (SSSR count). The third-order valence-corrected chi connectivity index (χ3v) is 1.70. The molecular weight excluding hydrogens is 210 g/mol. The monoisotopic (exact) mass is 219 g/mol. The van der Waals surface area contributed by atoms with E-state index in [9.17, 15) is 14.9 Å². The Morgan fingerprint density at radius 2 is 2.19 bits per heavy atom. The molecule has 0 spiro atoms. The summed E-state index contributed by atoms with van der Waals surface area (Å²) in [6.45, 7) is 0. The summed E-state index contributed by atoms with van der Waals surface area (Å²) >= 11 is 0. The summed E-state index contributed by atoms with van der Waals surface area (Å²) in [6, 6.07) is 4.15. The van der Waals surface area contributed by atoms with E-state index in [0.717, 1.165) is 0 Å². The van der Waals surface area contributed by atoms with E-state index in [-0.39, 0.29) is 23.4 Å². The van der Waals surface area contributed by atoms with Crippen molar-refractivity contribution in [1.29, 1.82) is 0 Å². The number of hydrogen-bond donors (Lipinski definition) is 2. The van der Waals surface area contributed by atoms with Crippen molar-refractivity contribution in [2.45, 2.75) is 6.42 Å². The second-order valence-electron chi connectivity index (χ2n) is 2.98. The fourth-order valence-electron chi connectivity index (χ4n) is 1.03. The SMILES string of the molecule is NC(=O)CC#Cc1ccc(N)cc1[N+](=O)[O-]. The van der Waals surface area contributed by atoms with E-state index in [4.69, 9.17) is 11.5 Å². The summed E-state index contributed by atoms with van der Waals surface area (Å²) in [5.41, 5.74) is 10.6. The molecule has 16 heavy (non-hydrogen) atoms. The number of carbonyl (C=O) groups is 1. The van der Waals surface area contributed by atoms with Crippen LogP contribution in [-0.4, -0.2) is 10.8 Å². The second kappa shape index (κ2) is 4.79. The van der Waals surface area contributed by atoms with Crippen molar-refractivity contribution < 1.29 is 9.72 Å². The lowest BCUT2D eigenvalue weighted by atomic mass is 10.1. The van der Waals surface area contributed by atoms with Crippen LogP contribution in [0.2, 0.25) is 0 Å². The molecule has 0 atom stereocenters. The minimum atomic E-state index is -0.579. The first-order valence-corrected chi connectivity index (χ1v) is 4.32. The number of nitro benzene ring substituents is 1. The van der Waals surface area contributed by atoms with Gasteiger partial charge >= 0.3 is 0 Å². The molecule has 0 aliphatic heterocycles. The van der Waals surface area contributed by atoms with Crippen molar-refractivity contribution in [3.8, 4) is 11.8 Å². The largest absolute Gasteiger partial charge is 0.399 e. The number of carbonyl (C=O) groups excluding carboxylic acids is 1. The molecule has 1 aromatic rings. The quantitative estimate of drug-likeness (QED) is 0.324. The van der Waals surface area contributed by atoms with Crippen LogP contribution in [0.4, 0.5) is 11.4 Å². The van der Waals surface area contributed by atoms with E-state index in [1.54, 1.807) is 0 Å². The van der Waals surface area contributed by atoms with Gasteiger partial charge in [0.05, 0.1) is 11.3 Å². The van der Waals surface area contributed by atoms with Crippen LogP contribution in [0.25, 0.3) is 0 Å². The van der Waals surface area contributed by atoms with Crippen molar-refractivity contribution in [3.63, 3.8) is 0 Å². The lowest BCUT2D eigenvalue weighted by Crippen LogP contribution is -2.08. The van der Waals surface area contributed by atoms with Gasteiger partial charge < -0.3 is 11.5 Å². The predicted octanol–water partition coefficient (Wildman–Crippen LogP) is 0.404. The summed E-state index contributed by atoms with van der Waals surface area (Å²) in [7, 11) is 0. The minimum Gasteiger partial charge on any atom is -0.399 e. The molecule has 0 saturated heterocycles. The number of nitrogens with zero attached hydrogens (tertiary/aromatic N) is 1. The third-order valence-electron chi connectivity index (χ3n) is 1.70. The number of primary amides is 1. The maximum absolute atomic E-state index is 10.7. The lowest BCUT2D eigenvalue weighted by Gasteiger charge is -1.96.